The van der Waals surface area contributed by atoms with E-state index in [0.717, 1.165) is 56.5 Å². The Morgan fingerprint density at radius 3 is 2.79 bits per heavy atom. The molecule has 33 heavy (non-hydrogen) atoms. The van der Waals surface area contributed by atoms with Crippen molar-refractivity contribution in [2.75, 3.05) is 13.2 Å². The molecule has 1 spiro atoms. The van der Waals surface area contributed by atoms with Crippen LogP contribution >= 0.6 is 0 Å². The quantitative estimate of drug-likeness (QED) is 0.529. The summed E-state index contributed by atoms with van der Waals surface area (Å²) >= 11 is 0. The molecule has 2 aliphatic rings. The summed E-state index contributed by atoms with van der Waals surface area (Å²) in [6, 6.07) is 11.9. The van der Waals surface area contributed by atoms with Crippen LogP contribution in [0.25, 0.3) is 10.9 Å². The van der Waals surface area contributed by atoms with Gasteiger partial charge in [0.2, 0.25) is 0 Å². The summed E-state index contributed by atoms with van der Waals surface area (Å²) in [5.74, 6) is 5.53. The Bertz CT molecular complexity index is 1240. The van der Waals surface area contributed by atoms with Crippen molar-refractivity contribution in [3.63, 3.8) is 0 Å². The molecule has 3 heterocycles. The van der Waals surface area contributed by atoms with Crippen molar-refractivity contribution in [2.45, 2.75) is 57.7 Å². The summed E-state index contributed by atoms with van der Waals surface area (Å²) in [5, 5.41) is 10.6. The van der Waals surface area contributed by atoms with E-state index < -0.39 is 5.97 Å². The number of aromatic carboxylic acids is 1. The van der Waals surface area contributed by atoms with Gasteiger partial charge in [-0.25, -0.2) is 4.79 Å². The summed E-state index contributed by atoms with van der Waals surface area (Å²) in [6.07, 6.45) is 6.17. The molecule has 170 valence electrons. The molecule has 0 radical (unpaired) electrons. The third-order valence-corrected chi connectivity index (χ3v) is 7.36. The molecule has 0 aliphatic carbocycles. The molecule has 0 bridgehead atoms. The number of carboxylic acids is 1. The maximum atomic E-state index is 11.4. The summed E-state index contributed by atoms with van der Waals surface area (Å²) in [7, 11) is 0. The van der Waals surface area contributed by atoms with E-state index in [0.29, 0.717) is 5.56 Å². The van der Waals surface area contributed by atoms with Crippen LogP contribution in [0.3, 0.4) is 0 Å². The van der Waals surface area contributed by atoms with Gasteiger partial charge in [0.15, 0.2) is 0 Å². The molecule has 5 nitrogen and oxygen atoms in total. The van der Waals surface area contributed by atoms with E-state index in [1.165, 1.54) is 22.0 Å². The molecule has 2 N–H and O–H groups in total. The minimum Gasteiger partial charge on any atom is -0.478 e. The number of carbonyl (C=O) groups is 1. The van der Waals surface area contributed by atoms with Crippen LogP contribution < -0.4 is 0 Å². The fourth-order valence-corrected chi connectivity index (χ4v) is 5.65. The van der Waals surface area contributed by atoms with Crippen molar-refractivity contribution in [1.29, 1.82) is 0 Å². The van der Waals surface area contributed by atoms with Gasteiger partial charge in [0.1, 0.15) is 0 Å². The molecule has 2 atom stereocenters. The highest BCUT2D eigenvalue weighted by Crippen LogP contribution is 2.45. The molecule has 3 aromatic rings. The molecular weight excluding hydrogens is 412 g/mol. The Balaban J connectivity index is 1.54. The van der Waals surface area contributed by atoms with Gasteiger partial charge >= 0.3 is 5.97 Å². The van der Waals surface area contributed by atoms with Crippen LogP contribution in [0.5, 0.6) is 0 Å². The third kappa shape index (κ3) is 4.06. The number of hydrogen-bond donors (Lipinski definition) is 2. The zero-order valence-electron chi connectivity index (χ0n) is 19.3. The molecule has 2 saturated heterocycles. The SMILES string of the molecule is CC#Cc1cc(C)c2[nH]ccc2c1CN1CCC2(CCCO2)CC1c1ccc(C(=O)O)cc1. The van der Waals surface area contributed by atoms with Crippen LogP contribution in [0.15, 0.2) is 42.6 Å². The molecule has 2 aromatic carbocycles. The van der Waals surface area contributed by atoms with Gasteiger partial charge in [-0.3, -0.25) is 4.90 Å². The first kappa shape index (κ1) is 21.8. The number of piperidine rings is 1. The number of fused-ring (bicyclic) bond motifs is 1. The smallest absolute Gasteiger partial charge is 0.335 e. The lowest BCUT2D eigenvalue weighted by atomic mass is 9.81. The number of rotatable bonds is 4. The molecule has 0 amide bonds. The van der Waals surface area contributed by atoms with Crippen LogP contribution in [0.4, 0.5) is 0 Å². The number of likely N-dealkylation sites (tertiary alicyclic amines) is 1. The van der Waals surface area contributed by atoms with Gasteiger partial charge in [0, 0.05) is 48.4 Å². The van der Waals surface area contributed by atoms with Crippen LogP contribution in [-0.2, 0) is 11.3 Å². The van der Waals surface area contributed by atoms with Crippen LogP contribution in [-0.4, -0.2) is 39.7 Å². The lowest BCUT2D eigenvalue weighted by Gasteiger charge is -2.45. The maximum absolute atomic E-state index is 11.4. The Morgan fingerprint density at radius 2 is 2.09 bits per heavy atom. The van der Waals surface area contributed by atoms with Crippen molar-refractivity contribution < 1.29 is 14.6 Å². The van der Waals surface area contributed by atoms with Crippen molar-refractivity contribution in [1.82, 2.24) is 9.88 Å². The molecule has 2 unspecified atom stereocenters. The highest BCUT2D eigenvalue weighted by atomic mass is 16.5. The van der Waals surface area contributed by atoms with E-state index >= 15 is 0 Å². The number of hydrogen-bond acceptors (Lipinski definition) is 3. The zero-order chi connectivity index (χ0) is 23.0. The van der Waals surface area contributed by atoms with Gasteiger partial charge in [-0.1, -0.05) is 18.1 Å². The van der Waals surface area contributed by atoms with Crippen LogP contribution in [0.1, 0.15) is 71.3 Å². The molecule has 2 fully saturated rings. The second kappa shape index (κ2) is 8.70. The van der Waals surface area contributed by atoms with Crippen molar-refractivity contribution in [3.05, 3.63) is 70.4 Å². The first-order chi connectivity index (χ1) is 16.0. The van der Waals surface area contributed by atoms with Crippen molar-refractivity contribution in [3.8, 4) is 11.8 Å². The first-order valence-corrected chi connectivity index (χ1v) is 11.7. The maximum Gasteiger partial charge on any atom is 0.335 e. The molecular formula is C28H30N2O3. The zero-order valence-corrected chi connectivity index (χ0v) is 19.3. The van der Waals surface area contributed by atoms with E-state index in [-0.39, 0.29) is 11.6 Å². The third-order valence-electron chi connectivity index (χ3n) is 7.36. The molecule has 2 aliphatic heterocycles. The largest absolute Gasteiger partial charge is 0.478 e. The molecule has 1 aromatic heterocycles. The van der Waals surface area contributed by atoms with Crippen molar-refractivity contribution in [2.24, 2.45) is 0 Å². The summed E-state index contributed by atoms with van der Waals surface area (Å²) in [4.78, 5) is 17.3. The Labute approximate surface area is 194 Å². The second-order valence-corrected chi connectivity index (χ2v) is 9.36. The van der Waals surface area contributed by atoms with Gasteiger partial charge in [-0.2, -0.15) is 0 Å². The predicted molar refractivity (Wildman–Crippen MR) is 129 cm³/mol. The molecule has 5 rings (SSSR count). The number of ether oxygens (including phenoxy) is 1. The van der Waals surface area contributed by atoms with E-state index in [2.05, 4.69) is 40.8 Å². The minimum atomic E-state index is -0.894. The molecule has 5 heteroatoms. The lowest BCUT2D eigenvalue weighted by molar-refractivity contribution is -0.0675. The Kier molecular flexibility index (Phi) is 5.74. The Hall–Kier alpha value is -3.07. The van der Waals surface area contributed by atoms with Crippen LogP contribution in [0, 0.1) is 18.8 Å². The number of nitrogens with one attached hydrogen (secondary N) is 1. The number of nitrogens with zero attached hydrogens (tertiary/aromatic N) is 1. The van der Waals surface area contributed by atoms with E-state index in [9.17, 15) is 9.90 Å². The number of aromatic nitrogens is 1. The molecule has 0 saturated carbocycles. The number of aromatic amines is 1. The summed E-state index contributed by atoms with van der Waals surface area (Å²) in [6.45, 7) is 6.57. The van der Waals surface area contributed by atoms with Gasteiger partial charge in [0.25, 0.3) is 0 Å². The summed E-state index contributed by atoms with van der Waals surface area (Å²) < 4.78 is 6.28. The monoisotopic (exact) mass is 442 g/mol. The highest BCUT2D eigenvalue weighted by molar-refractivity contribution is 5.88. The van der Waals surface area contributed by atoms with E-state index in [4.69, 9.17) is 4.74 Å². The van der Waals surface area contributed by atoms with Gasteiger partial charge in [0.05, 0.1) is 11.2 Å². The minimum absolute atomic E-state index is 0.0601. The second-order valence-electron chi connectivity index (χ2n) is 9.36. The number of benzene rings is 2. The Morgan fingerprint density at radius 1 is 1.27 bits per heavy atom. The summed E-state index contributed by atoms with van der Waals surface area (Å²) in [5.41, 5.74) is 6.11. The highest BCUT2D eigenvalue weighted by Gasteiger charge is 2.43. The van der Waals surface area contributed by atoms with E-state index in [1.807, 2.05) is 25.3 Å². The van der Waals surface area contributed by atoms with Crippen LogP contribution in [0.2, 0.25) is 0 Å². The number of aryl methyl sites for hydroxylation is 1. The normalized spacial score (nSPS) is 23.0. The van der Waals surface area contributed by atoms with Gasteiger partial charge in [-0.15, -0.1) is 5.92 Å². The average molecular weight is 443 g/mol. The number of H-pyrrole nitrogens is 1. The number of carboxylic acid groups (broad SMARTS) is 1. The van der Waals surface area contributed by atoms with Crippen molar-refractivity contribution >= 4 is 16.9 Å². The fraction of sp³-hybridized carbons (Fsp3) is 0.393. The van der Waals surface area contributed by atoms with Gasteiger partial charge in [-0.05, 0) is 80.5 Å². The fourth-order valence-electron chi connectivity index (χ4n) is 5.65. The standard InChI is InChI=1S/C28H30N2O3/c1-3-5-22-16-19(2)26-23(10-13-29-26)24(22)18-30-14-12-28(11-4-15-33-28)17-25(30)20-6-8-21(9-7-20)27(31)32/h6-10,13,16,25,29H,4,11-12,14-15,17-18H2,1-2H3,(H,31,32). The topological polar surface area (TPSA) is 65.6 Å². The lowest BCUT2D eigenvalue weighted by Crippen LogP contribution is -2.45. The van der Waals surface area contributed by atoms with Gasteiger partial charge < -0.3 is 14.8 Å². The predicted octanol–water partition coefficient (Wildman–Crippen LogP) is 5.43. The van der Waals surface area contributed by atoms with E-state index in [1.54, 1.807) is 12.1 Å². The first-order valence-electron chi connectivity index (χ1n) is 11.7. The average Bonchev–Trinajstić information content (AvgIpc) is 3.48.